The Balaban J connectivity index is 1.81. The lowest BCUT2D eigenvalue weighted by atomic mass is 9.91. The van der Waals surface area contributed by atoms with Crippen molar-refractivity contribution in [3.63, 3.8) is 0 Å². The van der Waals surface area contributed by atoms with E-state index in [0.29, 0.717) is 25.0 Å². The Labute approximate surface area is 222 Å². The normalized spacial score (nSPS) is 18.2. The number of hydrogen-bond donors (Lipinski definition) is 1. The largest absolute Gasteiger partial charge is 0.450 e. The van der Waals surface area contributed by atoms with E-state index in [0.717, 1.165) is 12.1 Å². The molecule has 1 heterocycles. The van der Waals surface area contributed by atoms with Crippen LogP contribution in [-0.4, -0.2) is 67.7 Å². The van der Waals surface area contributed by atoms with Crippen molar-refractivity contribution in [2.45, 2.75) is 50.1 Å². The first-order valence-corrected chi connectivity index (χ1v) is 12.5. The number of amides is 2. The molecule has 0 radical (unpaired) electrons. The molecule has 0 saturated carbocycles. The Bertz CT molecular complexity index is 1090. The number of carbonyl (C=O) groups excluding carboxylic acids is 2. The van der Waals surface area contributed by atoms with Crippen molar-refractivity contribution in [3.8, 4) is 0 Å². The molecule has 1 saturated heterocycles. The monoisotopic (exact) mass is 559 g/mol. The Morgan fingerprint density at radius 3 is 2.18 bits per heavy atom. The Morgan fingerprint density at radius 2 is 1.62 bits per heavy atom. The van der Waals surface area contributed by atoms with Crippen molar-refractivity contribution in [3.05, 3.63) is 70.8 Å². The van der Waals surface area contributed by atoms with Crippen LogP contribution < -0.4 is 5.32 Å². The Hall–Kier alpha value is -3.28. The van der Waals surface area contributed by atoms with E-state index in [2.05, 4.69) is 5.32 Å². The lowest BCUT2D eigenvalue weighted by molar-refractivity contribution is -0.143. The van der Waals surface area contributed by atoms with Gasteiger partial charge in [0.1, 0.15) is 0 Å². The fourth-order valence-corrected chi connectivity index (χ4v) is 4.53. The zero-order valence-electron chi connectivity index (χ0n) is 21.6. The number of halogens is 6. The summed E-state index contributed by atoms with van der Waals surface area (Å²) in [6.07, 6.45) is -9.31. The molecule has 1 fully saturated rings. The molecule has 0 unspecified atom stereocenters. The van der Waals surface area contributed by atoms with Crippen LogP contribution in [0.4, 0.5) is 31.1 Å². The molecular weight excluding hydrogens is 528 g/mol. The van der Waals surface area contributed by atoms with Gasteiger partial charge in [0.05, 0.1) is 17.7 Å². The van der Waals surface area contributed by atoms with Crippen molar-refractivity contribution >= 4 is 12.0 Å². The van der Waals surface area contributed by atoms with Crippen LogP contribution in [0.15, 0.2) is 48.5 Å². The zero-order valence-corrected chi connectivity index (χ0v) is 21.6. The summed E-state index contributed by atoms with van der Waals surface area (Å²) in [7, 11) is 3.79. The molecule has 0 aliphatic carbocycles. The van der Waals surface area contributed by atoms with Crippen molar-refractivity contribution in [2.75, 3.05) is 33.8 Å². The molecule has 2 atom stereocenters. The summed E-state index contributed by atoms with van der Waals surface area (Å²) in [6.45, 7) is 0.976. The molecule has 3 rings (SSSR count). The maximum atomic E-state index is 13.4. The maximum absolute atomic E-state index is 13.4. The third kappa shape index (κ3) is 8.87. The topological polar surface area (TPSA) is 61.9 Å². The number of hydrogen-bond acceptors (Lipinski definition) is 4. The van der Waals surface area contributed by atoms with Crippen LogP contribution in [0.2, 0.25) is 0 Å². The second kappa shape index (κ2) is 12.7. The molecule has 2 amide bonds. The van der Waals surface area contributed by atoms with E-state index in [1.165, 1.54) is 4.90 Å². The van der Waals surface area contributed by atoms with Crippen LogP contribution in [0.1, 0.15) is 46.3 Å². The van der Waals surface area contributed by atoms with E-state index >= 15 is 0 Å². The van der Waals surface area contributed by atoms with Crippen molar-refractivity contribution in [2.24, 2.45) is 0 Å². The molecule has 0 bridgehead atoms. The highest BCUT2D eigenvalue weighted by Crippen LogP contribution is 2.37. The average molecular weight is 560 g/mol. The van der Waals surface area contributed by atoms with Gasteiger partial charge in [-0.3, -0.25) is 4.79 Å². The molecule has 6 nitrogen and oxygen atoms in total. The summed E-state index contributed by atoms with van der Waals surface area (Å²) >= 11 is 0. The number of rotatable bonds is 8. The third-order valence-corrected chi connectivity index (χ3v) is 6.43. The second-order valence-corrected chi connectivity index (χ2v) is 9.80. The summed E-state index contributed by atoms with van der Waals surface area (Å²) in [5.74, 6) is -0.933. The highest BCUT2D eigenvalue weighted by Gasteiger charge is 2.39. The first-order valence-electron chi connectivity index (χ1n) is 12.5. The summed E-state index contributed by atoms with van der Waals surface area (Å²) in [5, 5.41) is 2.77. The second-order valence-electron chi connectivity index (χ2n) is 9.80. The number of nitrogens with one attached hydrogen (secondary N) is 1. The van der Waals surface area contributed by atoms with E-state index < -0.39 is 53.1 Å². The quantitative estimate of drug-likeness (QED) is 0.337. The Morgan fingerprint density at radius 1 is 1.00 bits per heavy atom. The fourth-order valence-electron chi connectivity index (χ4n) is 4.53. The molecule has 214 valence electrons. The van der Waals surface area contributed by atoms with Crippen LogP contribution in [-0.2, 0) is 23.5 Å². The minimum atomic E-state index is -5.07. The molecule has 12 heteroatoms. The van der Waals surface area contributed by atoms with Crippen LogP contribution >= 0.6 is 0 Å². The minimum absolute atomic E-state index is 0.00145. The number of piperidine rings is 1. The standard InChI is InChI=1S/C27H31F6N3O3/c1-35(2)10-6-12-39-25(38)34-22-9-11-36(23(17-22)13-18-7-4-3-5-8-18)24(37)19-14-20(26(28,29)30)16-21(15-19)27(31,32)33/h3-5,7-8,14-16,22-23H,6,9-13,17H2,1-2H3,(H,34,38)/t22-,23+/m0/s1. The van der Waals surface area contributed by atoms with Gasteiger partial charge in [-0.15, -0.1) is 0 Å². The van der Waals surface area contributed by atoms with Gasteiger partial charge in [0, 0.05) is 30.7 Å². The van der Waals surface area contributed by atoms with Gasteiger partial charge in [-0.1, -0.05) is 30.3 Å². The lowest BCUT2D eigenvalue weighted by Crippen LogP contribution is -2.53. The number of likely N-dealkylation sites (tertiary alicyclic amines) is 1. The van der Waals surface area contributed by atoms with E-state index in [-0.39, 0.29) is 32.1 Å². The van der Waals surface area contributed by atoms with Crippen molar-refractivity contribution in [1.82, 2.24) is 15.1 Å². The average Bonchev–Trinajstić information content (AvgIpc) is 2.85. The zero-order chi connectivity index (χ0) is 28.8. The molecule has 1 N–H and O–H groups in total. The van der Waals surface area contributed by atoms with Crippen LogP contribution in [0.25, 0.3) is 0 Å². The van der Waals surface area contributed by atoms with E-state index in [1.807, 2.05) is 31.1 Å². The first-order chi connectivity index (χ1) is 18.2. The molecule has 0 spiro atoms. The number of benzene rings is 2. The molecule has 1 aliphatic rings. The minimum Gasteiger partial charge on any atom is -0.450 e. The summed E-state index contributed by atoms with van der Waals surface area (Å²) < 4.78 is 85.5. The summed E-state index contributed by atoms with van der Waals surface area (Å²) in [5.41, 5.74) is -2.96. The predicted molar refractivity (Wildman–Crippen MR) is 132 cm³/mol. The molecule has 0 aromatic heterocycles. The summed E-state index contributed by atoms with van der Waals surface area (Å²) in [4.78, 5) is 28.9. The van der Waals surface area contributed by atoms with Crippen molar-refractivity contribution < 1.29 is 40.7 Å². The van der Waals surface area contributed by atoms with Crippen LogP contribution in [0.5, 0.6) is 0 Å². The molecule has 39 heavy (non-hydrogen) atoms. The maximum Gasteiger partial charge on any atom is 0.416 e. The Kier molecular flexibility index (Phi) is 9.87. The highest BCUT2D eigenvalue weighted by molar-refractivity contribution is 5.95. The van der Waals surface area contributed by atoms with Gasteiger partial charge in [-0.25, -0.2) is 4.79 Å². The number of nitrogens with zero attached hydrogens (tertiary/aromatic N) is 2. The van der Waals surface area contributed by atoms with Gasteiger partial charge >= 0.3 is 18.4 Å². The fraction of sp³-hybridized carbons (Fsp3) is 0.481. The molecular formula is C27H31F6N3O3. The third-order valence-electron chi connectivity index (χ3n) is 6.43. The van der Waals surface area contributed by atoms with Gasteiger partial charge in [-0.2, -0.15) is 26.3 Å². The SMILES string of the molecule is CN(C)CCCOC(=O)N[C@H]1CCN(C(=O)c2cc(C(F)(F)F)cc(C(F)(F)F)c2)[C@H](Cc2ccccc2)C1. The molecule has 2 aromatic rings. The van der Waals surface area contributed by atoms with Crippen LogP contribution in [0, 0.1) is 0 Å². The van der Waals surface area contributed by atoms with E-state index in [1.54, 1.807) is 18.2 Å². The van der Waals surface area contributed by atoms with Crippen LogP contribution in [0.3, 0.4) is 0 Å². The predicted octanol–water partition coefficient (Wildman–Crippen LogP) is 5.62. The smallest absolute Gasteiger partial charge is 0.416 e. The lowest BCUT2D eigenvalue weighted by Gasteiger charge is -2.40. The number of carbonyl (C=O) groups is 2. The first kappa shape index (κ1) is 30.3. The van der Waals surface area contributed by atoms with E-state index in [4.69, 9.17) is 4.74 Å². The van der Waals surface area contributed by atoms with E-state index in [9.17, 15) is 35.9 Å². The molecule has 2 aromatic carbocycles. The van der Waals surface area contributed by atoms with Gasteiger partial charge in [0.2, 0.25) is 0 Å². The highest BCUT2D eigenvalue weighted by atomic mass is 19.4. The van der Waals surface area contributed by atoms with Gasteiger partial charge < -0.3 is 19.9 Å². The van der Waals surface area contributed by atoms with Gasteiger partial charge in [0.15, 0.2) is 0 Å². The number of alkyl carbamates (subject to hydrolysis) is 1. The van der Waals surface area contributed by atoms with Crippen molar-refractivity contribution in [1.29, 1.82) is 0 Å². The number of alkyl halides is 6. The van der Waals surface area contributed by atoms with Gasteiger partial charge in [0.25, 0.3) is 5.91 Å². The summed E-state index contributed by atoms with van der Waals surface area (Å²) in [6, 6.07) is 8.91. The molecule has 1 aliphatic heterocycles. The van der Waals surface area contributed by atoms with Gasteiger partial charge in [-0.05, 0) is 63.5 Å². The number of ether oxygens (including phenoxy) is 1.